The molecule has 0 aromatic heterocycles. The number of hydrogen-bond acceptors (Lipinski definition) is 3. The number of aliphatic carboxylic acids is 1. The van der Waals surface area contributed by atoms with Crippen LogP contribution in [0.3, 0.4) is 0 Å². The molecule has 2 atom stereocenters. The lowest BCUT2D eigenvalue weighted by Crippen LogP contribution is -2.45. The standard InChI is InChI=1S/C17H19NO4S/c1-12-9-14(17(19)20)11-18(10-12)23(21,22)16-8-4-6-13-5-2-3-7-15(13)16/h2-8,12,14H,9-11H2,1H3,(H,19,20). The van der Waals surface area contributed by atoms with E-state index < -0.39 is 21.9 Å². The van der Waals surface area contributed by atoms with Crippen LogP contribution in [-0.2, 0) is 14.8 Å². The molecule has 0 spiro atoms. The molecule has 122 valence electrons. The molecule has 1 heterocycles. The van der Waals surface area contributed by atoms with Crippen LogP contribution in [-0.4, -0.2) is 36.9 Å². The second-order valence-corrected chi connectivity index (χ2v) is 8.08. The average Bonchev–Trinajstić information content (AvgIpc) is 2.53. The van der Waals surface area contributed by atoms with E-state index in [9.17, 15) is 18.3 Å². The Hall–Kier alpha value is -1.92. The van der Waals surface area contributed by atoms with Crippen molar-refractivity contribution in [2.24, 2.45) is 11.8 Å². The van der Waals surface area contributed by atoms with E-state index in [0.717, 1.165) is 5.39 Å². The molecule has 0 saturated carbocycles. The van der Waals surface area contributed by atoms with E-state index in [0.29, 0.717) is 18.4 Å². The second kappa shape index (κ2) is 5.94. The number of carbonyl (C=O) groups is 1. The minimum absolute atomic E-state index is 0.0228. The van der Waals surface area contributed by atoms with Gasteiger partial charge in [0.25, 0.3) is 0 Å². The van der Waals surface area contributed by atoms with Gasteiger partial charge in [0.2, 0.25) is 10.0 Å². The van der Waals surface area contributed by atoms with Crippen LogP contribution in [0.5, 0.6) is 0 Å². The van der Waals surface area contributed by atoms with Crippen LogP contribution in [0.15, 0.2) is 47.4 Å². The van der Waals surface area contributed by atoms with E-state index in [1.807, 2.05) is 25.1 Å². The number of carboxylic acids is 1. The molecule has 2 unspecified atom stereocenters. The summed E-state index contributed by atoms with van der Waals surface area (Å²) in [4.78, 5) is 11.5. The van der Waals surface area contributed by atoms with E-state index >= 15 is 0 Å². The molecule has 1 saturated heterocycles. The highest BCUT2D eigenvalue weighted by Crippen LogP contribution is 2.30. The normalized spacial score (nSPS) is 23.0. The van der Waals surface area contributed by atoms with Gasteiger partial charge in [-0.15, -0.1) is 0 Å². The number of rotatable bonds is 3. The Morgan fingerprint density at radius 2 is 1.83 bits per heavy atom. The maximum absolute atomic E-state index is 13.0. The van der Waals surface area contributed by atoms with Gasteiger partial charge in [0.05, 0.1) is 10.8 Å². The van der Waals surface area contributed by atoms with Crippen molar-refractivity contribution < 1.29 is 18.3 Å². The number of sulfonamides is 1. The Morgan fingerprint density at radius 3 is 2.57 bits per heavy atom. The minimum Gasteiger partial charge on any atom is -0.481 e. The van der Waals surface area contributed by atoms with Gasteiger partial charge in [-0.05, 0) is 23.8 Å². The maximum Gasteiger partial charge on any atom is 0.307 e. The summed E-state index contributed by atoms with van der Waals surface area (Å²) < 4.78 is 27.4. The highest BCUT2D eigenvalue weighted by atomic mass is 32.2. The van der Waals surface area contributed by atoms with Gasteiger partial charge in [0, 0.05) is 18.5 Å². The van der Waals surface area contributed by atoms with Gasteiger partial charge in [-0.1, -0.05) is 43.3 Å². The lowest BCUT2D eigenvalue weighted by molar-refractivity contribution is -0.143. The molecule has 5 nitrogen and oxygen atoms in total. The van der Waals surface area contributed by atoms with E-state index in [2.05, 4.69) is 0 Å². The Balaban J connectivity index is 2.05. The smallest absolute Gasteiger partial charge is 0.307 e. The Labute approximate surface area is 135 Å². The summed E-state index contributed by atoms with van der Waals surface area (Å²) in [6, 6.07) is 12.5. The molecule has 1 aliphatic heterocycles. The second-order valence-electron chi connectivity index (χ2n) is 6.18. The number of piperidine rings is 1. The van der Waals surface area contributed by atoms with E-state index in [-0.39, 0.29) is 17.4 Å². The Morgan fingerprint density at radius 1 is 1.13 bits per heavy atom. The summed E-state index contributed by atoms with van der Waals surface area (Å²) in [5, 5.41) is 10.8. The number of benzene rings is 2. The number of fused-ring (bicyclic) bond motifs is 1. The van der Waals surface area contributed by atoms with Crippen molar-refractivity contribution in [1.82, 2.24) is 4.31 Å². The van der Waals surface area contributed by atoms with Crippen LogP contribution >= 0.6 is 0 Å². The minimum atomic E-state index is -3.72. The van der Waals surface area contributed by atoms with Gasteiger partial charge >= 0.3 is 5.97 Å². The first-order valence-electron chi connectivity index (χ1n) is 7.60. The molecule has 3 rings (SSSR count). The highest BCUT2D eigenvalue weighted by molar-refractivity contribution is 7.89. The SMILES string of the molecule is CC1CC(C(=O)O)CN(S(=O)(=O)c2cccc3ccccc23)C1. The summed E-state index contributed by atoms with van der Waals surface area (Å²) in [5.74, 6) is -1.56. The molecule has 1 N–H and O–H groups in total. The van der Waals surface area contributed by atoms with Crippen molar-refractivity contribution in [3.63, 3.8) is 0 Å². The molecule has 0 amide bonds. The summed E-state index contributed by atoms with van der Waals surface area (Å²) in [6.45, 7) is 2.28. The van der Waals surface area contributed by atoms with Crippen LogP contribution in [0.1, 0.15) is 13.3 Å². The Kier molecular flexibility index (Phi) is 4.12. The van der Waals surface area contributed by atoms with Crippen LogP contribution in [0.25, 0.3) is 10.8 Å². The highest BCUT2D eigenvalue weighted by Gasteiger charge is 2.36. The fourth-order valence-electron chi connectivity index (χ4n) is 3.24. The van der Waals surface area contributed by atoms with E-state index in [1.165, 1.54) is 4.31 Å². The van der Waals surface area contributed by atoms with Gasteiger partial charge in [0.1, 0.15) is 0 Å². The summed E-state index contributed by atoms with van der Waals surface area (Å²) in [6.07, 6.45) is 0.511. The molecule has 0 aliphatic carbocycles. The average molecular weight is 333 g/mol. The van der Waals surface area contributed by atoms with Crippen molar-refractivity contribution in [2.45, 2.75) is 18.2 Å². The van der Waals surface area contributed by atoms with Crippen LogP contribution in [0.4, 0.5) is 0 Å². The summed E-state index contributed by atoms with van der Waals surface area (Å²) in [7, 11) is -3.72. The maximum atomic E-state index is 13.0. The quantitative estimate of drug-likeness (QED) is 0.937. The van der Waals surface area contributed by atoms with Gasteiger partial charge in [-0.2, -0.15) is 4.31 Å². The first-order chi connectivity index (χ1) is 10.9. The fourth-order valence-corrected chi connectivity index (χ4v) is 5.06. The van der Waals surface area contributed by atoms with Crippen LogP contribution in [0, 0.1) is 11.8 Å². The molecular weight excluding hydrogens is 314 g/mol. The molecule has 1 fully saturated rings. The molecule has 23 heavy (non-hydrogen) atoms. The topological polar surface area (TPSA) is 74.7 Å². The van der Waals surface area contributed by atoms with Gasteiger partial charge in [-0.25, -0.2) is 8.42 Å². The number of nitrogens with zero attached hydrogens (tertiary/aromatic N) is 1. The summed E-state index contributed by atoms with van der Waals surface area (Å²) >= 11 is 0. The third-order valence-electron chi connectivity index (χ3n) is 4.34. The fraction of sp³-hybridized carbons (Fsp3) is 0.353. The molecule has 2 aromatic carbocycles. The van der Waals surface area contributed by atoms with Crippen molar-refractivity contribution in [1.29, 1.82) is 0 Å². The summed E-state index contributed by atoms with van der Waals surface area (Å²) in [5.41, 5.74) is 0. The molecule has 1 aliphatic rings. The molecule has 0 bridgehead atoms. The molecule has 0 radical (unpaired) electrons. The zero-order valence-electron chi connectivity index (χ0n) is 12.8. The van der Waals surface area contributed by atoms with Crippen LogP contribution in [0.2, 0.25) is 0 Å². The van der Waals surface area contributed by atoms with Gasteiger partial charge in [-0.3, -0.25) is 4.79 Å². The predicted molar refractivity (Wildman–Crippen MR) is 87.6 cm³/mol. The zero-order valence-corrected chi connectivity index (χ0v) is 13.7. The number of hydrogen-bond donors (Lipinski definition) is 1. The van der Waals surface area contributed by atoms with Crippen molar-refractivity contribution in [3.8, 4) is 0 Å². The lowest BCUT2D eigenvalue weighted by Gasteiger charge is -2.34. The van der Waals surface area contributed by atoms with Crippen molar-refractivity contribution >= 4 is 26.8 Å². The molecule has 2 aromatic rings. The van der Waals surface area contributed by atoms with Gasteiger partial charge < -0.3 is 5.11 Å². The predicted octanol–water partition coefficient (Wildman–Crippen LogP) is 2.57. The first-order valence-corrected chi connectivity index (χ1v) is 9.04. The van der Waals surface area contributed by atoms with Crippen LogP contribution < -0.4 is 0 Å². The van der Waals surface area contributed by atoms with Crippen molar-refractivity contribution in [3.05, 3.63) is 42.5 Å². The Bertz CT molecular complexity index is 841. The first kappa shape index (κ1) is 16.0. The van der Waals surface area contributed by atoms with Crippen molar-refractivity contribution in [2.75, 3.05) is 13.1 Å². The number of carboxylic acid groups (broad SMARTS) is 1. The van der Waals surface area contributed by atoms with E-state index in [4.69, 9.17) is 0 Å². The zero-order chi connectivity index (χ0) is 16.6. The molecular formula is C17H19NO4S. The monoisotopic (exact) mass is 333 g/mol. The third-order valence-corrected chi connectivity index (χ3v) is 6.23. The lowest BCUT2D eigenvalue weighted by atomic mass is 9.92. The van der Waals surface area contributed by atoms with Gasteiger partial charge in [0.15, 0.2) is 0 Å². The molecule has 6 heteroatoms. The van der Waals surface area contributed by atoms with E-state index in [1.54, 1.807) is 24.3 Å². The third kappa shape index (κ3) is 2.96. The largest absolute Gasteiger partial charge is 0.481 e.